The summed E-state index contributed by atoms with van der Waals surface area (Å²) in [5.41, 5.74) is 0.919. The van der Waals surface area contributed by atoms with E-state index >= 15 is 0 Å². The number of anilines is 1. The maximum atomic E-state index is 12.3. The highest BCUT2D eigenvalue weighted by Crippen LogP contribution is 2.19. The van der Waals surface area contributed by atoms with Crippen molar-refractivity contribution in [2.24, 2.45) is 0 Å². The number of rotatable bonds is 5. The second kappa shape index (κ2) is 7.73. The van der Waals surface area contributed by atoms with Gasteiger partial charge in [0.1, 0.15) is 5.82 Å². The molecule has 2 aliphatic heterocycles. The second-order valence-corrected chi connectivity index (χ2v) is 6.53. The highest BCUT2D eigenvalue weighted by atomic mass is 16.5. The minimum Gasteiger partial charge on any atom is -0.378 e. The number of carbonyl (C=O) groups is 1. The lowest BCUT2D eigenvalue weighted by atomic mass is 10.0. The molecule has 0 bridgehead atoms. The first-order valence-electron chi connectivity index (χ1n) is 8.67. The SMILES string of the molecule is Cc1ccc(NC2CCN(C(=O)CC[C@H]3CCCO3)CC2)nn1. The molecule has 126 valence electrons. The van der Waals surface area contributed by atoms with E-state index in [2.05, 4.69) is 15.5 Å². The first kappa shape index (κ1) is 16.2. The number of ether oxygens (including phenoxy) is 1. The molecule has 0 spiro atoms. The van der Waals surface area contributed by atoms with Crippen molar-refractivity contribution < 1.29 is 9.53 Å². The number of hydrogen-bond donors (Lipinski definition) is 1. The number of nitrogens with zero attached hydrogens (tertiary/aromatic N) is 3. The number of aryl methyl sites for hydroxylation is 1. The Kier molecular flexibility index (Phi) is 5.43. The van der Waals surface area contributed by atoms with Crippen molar-refractivity contribution in [3.8, 4) is 0 Å². The van der Waals surface area contributed by atoms with E-state index in [1.807, 2.05) is 24.0 Å². The summed E-state index contributed by atoms with van der Waals surface area (Å²) in [5.74, 6) is 1.09. The van der Waals surface area contributed by atoms with Gasteiger partial charge in [0.25, 0.3) is 0 Å². The van der Waals surface area contributed by atoms with Crippen molar-refractivity contribution in [3.63, 3.8) is 0 Å². The summed E-state index contributed by atoms with van der Waals surface area (Å²) in [6.45, 7) is 4.43. The zero-order valence-electron chi connectivity index (χ0n) is 13.8. The van der Waals surface area contributed by atoms with Gasteiger partial charge in [0.2, 0.25) is 5.91 Å². The standard InChI is InChI=1S/C17H26N4O2/c1-13-4-6-16(20-19-13)18-14-8-10-21(11-9-14)17(22)7-5-15-3-2-12-23-15/h4,6,14-15H,2-3,5,7-12H2,1H3,(H,18,20)/t15-/m1/s1. The molecule has 23 heavy (non-hydrogen) atoms. The predicted octanol–water partition coefficient (Wildman–Crippen LogP) is 2.15. The number of piperidine rings is 1. The summed E-state index contributed by atoms with van der Waals surface area (Å²) in [6, 6.07) is 4.29. The van der Waals surface area contributed by atoms with Crippen molar-refractivity contribution >= 4 is 11.7 Å². The molecule has 3 heterocycles. The summed E-state index contributed by atoms with van der Waals surface area (Å²) in [5, 5.41) is 11.6. The molecule has 1 atom stereocenters. The number of aromatic nitrogens is 2. The summed E-state index contributed by atoms with van der Waals surface area (Å²) in [4.78, 5) is 14.3. The van der Waals surface area contributed by atoms with Gasteiger partial charge in [-0.3, -0.25) is 4.79 Å². The van der Waals surface area contributed by atoms with Gasteiger partial charge in [-0.05, 0) is 51.2 Å². The van der Waals surface area contributed by atoms with Gasteiger partial charge in [-0.25, -0.2) is 0 Å². The normalized spacial score (nSPS) is 22.3. The fourth-order valence-electron chi connectivity index (χ4n) is 3.27. The Bertz CT molecular complexity index is 506. The van der Waals surface area contributed by atoms with Crippen LogP contribution in [0, 0.1) is 6.92 Å². The van der Waals surface area contributed by atoms with Crippen molar-refractivity contribution in [2.45, 2.75) is 57.6 Å². The molecule has 1 N–H and O–H groups in total. The number of hydrogen-bond acceptors (Lipinski definition) is 5. The average molecular weight is 318 g/mol. The van der Waals surface area contributed by atoms with E-state index in [0.29, 0.717) is 18.6 Å². The molecule has 0 unspecified atom stereocenters. The minimum atomic E-state index is 0.272. The van der Waals surface area contributed by atoms with Crippen LogP contribution in [0.1, 0.15) is 44.2 Å². The van der Waals surface area contributed by atoms with E-state index in [4.69, 9.17) is 4.74 Å². The third kappa shape index (κ3) is 4.64. The molecule has 2 fully saturated rings. The van der Waals surface area contributed by atoms with Crippen LogP contribution in [0.3, 0.4) is 0 Å². The zero-order chi connectivity index (χ0) is 16.1. The number of likely N-dealkylation sites (tertiary alicyclic amines) is 1. The fourth-order valence-corrected chi connectivity index (χ4v) is 3.27. The van der Waals surface area contributed by atoms with Gasteiger partial charge >= 0.3 is 0 Å². The van der Waals surface area contributed by atoms with Crippen molar-refractivity contribution in [2.75, 3.05) is 25.0 Å². The minimum absolute atomic E-state index is 0.272. The lowest BCUT2D eigenvalue weighted by Crippen LogP contribution is -2.42. The number of nitrogens with one attached hydrogen (secondary N) is 1. The Morgan fingerprint density at radius 2 is 2.13 bits per heavy atom. The summed E-state index contributed by atoms with van der Waals surface area (Å²) < 4.78 is 5.59. The summed E-state index contributed by atoms with van der Waals surface area (Å²) in [6.07, 6.45) is 5.96. The van der Waals surface area contributed by atoms with Crippen LogP contribution in [-0.2, 0) is 9.53 Å². The molecular formula is C17H26N4O2. The van der Waals surface area contributed by atoms with E-state index < -0.39 is 0 Å². The molecule has 0 aromatic carbocycles. The molecule has 1 aromatic rings. The first-order valence-corrected chi connectivity index (χ1v) is 8.67. The molecule has 1 amide bonds. The summed E-state index contributed by atoms with van der Waals surface area (Å²) >= 11 is 0. The van der Waals surface area contributed by atoms with Gasteiger partial charge in [0, 0.05) is 32.2 Å². The van der Waals surface area contributed by atoms with E-state index in [1.165, 1.54) is 0 Å². The average Bonchev–Trinajstić information content (AvgIpc) is 3.09. The smallest absolute Gasteiger partial charge is 0.222 e. The van der Waals surface area contributed by atoms with Crippen LogP contribution in [-0.4, -0.2) is 52.8 Å². The second-order valence-electron chi connectivity index (χ2n) is 6.53. The Hall–Kier alpha value is -1.69. The molecular weight excluding hydrogens is 292 g/mol. The van der Waals surface area contributed by atoms with Crippen LogP contribution < -0.4 is 5.32 Å². The molecule has 0 saturated carbocycles. The molecule has 6 heteroatoms. The Morgan fingerprint density at radius 1 is 1.30 bits per heavy atom. The molecule has 0 aliphatic carbocycles. The lowest BCUT2D eigenvalue weighted by molar-refractivity contribution is -0.132. The predicted molar refractivity (Wildman–Crippen MR) is 88.2 cm³/mol. The molecule has 1 aromatic heterocycles. The van der Waals surface area contributed by atoms with Gasteiger partial charge in [-0.1, -0.05) is 0 Å². The molecule has 0 radical (unpaired) electrons. The van der Waals surface area contributed by atoms with E-state index in [-0.39, 0.29) is 5.91 Å². The Balaban J connectivity index is 1.39. The lowest BCUT2D eigenvalue weighted by Gasteiger charge is -2.32. The quantitative estimate of drug-likeness (QED) is 0.901. The van der Waals surface area contributed by atoms with Crippen molar-refractivity contribution in [3.05, 3.63) is 17.8 Å². The van der Waals surface area contributed by atoms with E-state index in [9.17, 15) is 4.79 Å². The molecule has 2 saturated heterocycles. The third-order valence-corrected chi connectivity index (χ3v) is 4.70. The van der Waals surface area contributed by atoms with Gasteiger partial charge in [-0.15, -0.1) is 5.10 Å². The highest BCUT2D eigenvalue weighted by Gasteiger charge is 2.24. The first-order chi connectivity index (χ1) is 11.2. The number of amides is 1. The largest absolute Gasteiger partial charge is 0.378 e. The van der Waals surface area contributed by atoms with Gasteiger partial charge in [-0.2, -0.15) is 5.10 Å². The van der Waals surface area contributed by atoms with Gasteiger partial charge in [0.15, 0.2) is 0 Å². The molecule has 6 nitrogen and oxygen atoms in total. The fraction of sp³-hybridized carbons (Fsp3) is 0.706. The molecule has 3 rings (SSSR count). The van der Waals surface area contributed by atoms with Crippen LogP contribution in [0.15, 0.2) is 12.1 Å². The maximum absolute atomic E-state index is 12.3. The van der Waals surface area contributed by atoms with E-state index in [0.717, 1.165) is 63.3 Å². The van der Waals surface area contributed by atoms with Crippen LogP contribution >= 0.6 is 0 Å². The van der Waals surface area contributed by atoms with E-state index in [1.54, 1.807) is 0 Å². The topological polar surface area (TPSA) is 67.4 Å². The molecule has 2 aliphatic rings. The van der Waals surface area contributed by atoms with Crippen LogP contribution in [0.5, 0.6) is 0 Å². The number of carbonyl (C=O) groups excluding carboxylic acids is 1. The monoisotopic (exact) mass is 318 g/mol. The van der Waals surface area contributed by atoms with Crippen molar-refractivity contribution in [1.82, 2.24) is 15.1 Å². The van der Waals surface area contributed by atoms with Gasteiger partial charge < -0.3 is 15.0 Å². The summed E-state index contributed by atoms with van der Waals surface area (Å²) in [7, 11) is 0. The third-order valence-electron chi connectivity index (χ3n) is 4.70. The van der Waals surface area contributed by atoms with Crippen molar-refractivity contribution in [1.29, 1.82) is 0 Å². The Labute approximate surface area is 137 Å². The van der Waals surface area contributed by atoms with Gasteiger partial charge in [0.05, 0.1) is 11.8 Å². The van der Waals surface area contributed by atoms with Crippen LogP contribution in [0.2, 0.25) is 0 Å². The van der Waals surface area contributed by atoms with Crippen LogP contribution in [0.4, 0.5) is 5.82 Å². The highest BCUT2D eigenvalue weighted by molar-refractivity contribution is 5.76. The maximum Gasteiger partial charge on any atom is 0.222 e. The van der Waals surface area contributed by atoms with Crippen LogP contribution in [0.25, 0.3) is 0 Å². The Morgan fingerprint density at radius 3 is 2.78 bits per heavy atom. The zero-order valence-corrected chi connectivity index (χ0v) is 13.8.